The van der Waals surface area contributed by atoms with Gasteiger partial charge in [-0.2, -0.15) is 0 Å². The molecule has 0 atom stereocenters. The normalized spacial score (nSPS) is 12.1. The van der Waals surface area contributed by atoms with Gasteiger partial charge in [0.25, 0.3) is 0 Å². The first kappa shape index (κ1) is 18.4. The highest BCUT2D eigenvalue weighted by Crippen LogP contribution is 2.32. The summed E-state index contributed by atoms with van der Waals surface area (Å²) < 4.78 is 21.2. The topological polar surface area (TPSA) is 95.1 Å². The number of rotatable bonds is 6. The number of benzene rings is 2. The number of carbonyl (C=O) groups excluding carboxylic acids is 2. The Morgan fingerprint density at radius 3 is 2.41 bits per heavy atom. The van der Waals surface area contributed by atoms with Crippen molar-refractivity contribution >= 4 is 23.2 Å². The molecule has 8 nitrogen and oxygen atoms in total. The summed E-state index contributed by atoms with van der Waals surface area (Å²) in [6, 6.07) is 10.0. The van der Waals surface area contributed by atoms with Crippen LogP contribution in [-0.4, -0.2) is 39.2 Å². The van der Waals surface area contributed by atoms with Crippen LogP contribution in [0.3, 0.4) is 0 Å². The van der Waals surface area contributed by atoms with Gasteiger partial charge >= 0.3 is 0 Å². The monoisotopic (exact) mass is 372 g/mol. The Morgan fingerprint density at radius 1 is 0.926 bits per heavy atom. The molecule has 0 fully saturated rings. The number of ether oxygens (including phenoxy) is 4. The molecule has 1 heterocycles. The van der Waals surface area contributed by atoms with E-state index in [-0.39, 0.29) is 6.42 Å². The number of nitrogens with one attached hydrogen (secondary N) is 2. The van der Waals surface area contributed by atoms with Crippen LogP contribution in [0.2, 0.25) is 0 Å². The van der Waals surface area contributed by atoms with Gasteiger partial charge in [-0.25, -0.2) is 0 Å². The second-order valence-corrected chi connectivity index (χ2v) is 5.70. The van der Waals surface area contributed by atoms with Crippen LogP contribution in [-0.2, 0) is 9.59 Å². The lowest BCUT2D eigenvalue weighted by molar-refractivity contribution is -0.123. The molecule has 0 spiro atoms. The van der Waals surface area contributed by atoms with Gasteiger partial charge in [0.15, 0.2) is 11.5 Å². The van der Waals surface area contributed by atoms with Gasteiger partial charge in [-0.1, -0.05) is 0 Å². The minimum absolute atomic E-state index is 0.344. The van der Waals surface area contributed by atoms with Crippen LogP contribution in [0, 0.1) is 0 Å². The van der Waals surface area contributed by atoms with E-state index < -0.39 is 11.8 Å². The summed E-state index contributed by atoms with van der Waals surface area (Å²) in [6.07, 6.45) is -0.344. The van der Waals surface area contributed by atoms with Crippen LogP contribution in [0.4, 0.5) is 11.4 Å². The molecule has 2 amide bonds. The SMILES string of the molecule is COc1ccc(NC(=O)CC(=O)Nc2ccc3c(c2)OCCO3)c(OC)c1. The summed E-state index contributed by atoms with van der Waals surface area (Å²) in [5.41, 5.74) is 0.981. The highest BCUT2D eigenvalue weighted by molar-refractivity contribution is 6.08. The maximum absolute atomic E-state index is 12.2. The van der Waals surface area contributed by atoms with Gasteiger partial charge in [-0.15, -0.1) is 0 Å². The summed E-state index contributed by atoms with van der Waals surface area (Å²) in [4.78, 5) is 24.3. The van der Waals surface area contributed by atoms with E-state index in [1.807, 2.05) is 0 Å². The van der Waals surface area contributed by atoms with E-state index in [1.165, 1.54) is 14.2 Å². The summed E-state index contributed by atoms with van der Waals surface area (Å²) in [5.74, 6) is 1.32. The van der Waals surface area contributed by atoms with Crippen LogP contribution in [0.25, 0.3) is 0 Å². The largest absolute Gasteiger partial charge is 0.497 e. The predicted molar refractivity (Wildman–Crippen MR) is 98.9 cm³/mol. The maximum atomic E-state index is 12.2. The molecule has 0 aliphatic carbocycles. The molecule has 142 valence electrons. The number of amides is 2. The standard InChI is InChI=1S/C19H20N2O6/c1-24-13-4-5-14(16(10-13)25-2)21-19(23)11-18(22)20-12-3-6-15-17(9-12)27-8-7-26-15/h3-6,9-10H,7-8,11H2,1-2H3,(H,20,22)(H,21,23). The van der Waals surface area contributed by atoms with Crippen LogP contribution >= 0.6 is 0 Å². The van der Waals surface area contributed by atoms with Crippen molar-refractivity contribution in [1.82, 2.24) is 0 Å². The lowest BCUT2D eigenvalue weighted by Crippen LogP contribution is -2.22. The highest BCUT2D eigenvalue weighted by atomic mass is 16.6. The molecule has 3 rings (SSSR count). The zero-order valence-corrected chi connectivity index (χ0v) is 15.0. The average Bonchev–Trinajstić information content (AvgIpc) is 2.68. The molecule has 27 heavy (non-hydrogen) atoms. The van der Waals surface area contributed by atoms with Crippen molar-refractivity contribution < 1.29 is 28.5 Å². The smallest absolute Gasteiger partial charge is 0.233 e. The van der Waals surface area contributed by atoms with E-state index in [4.69, 9.17) is 18.9 Å². The number of hydrogen-bond acceptors (Lipinski definition) is 6. The average molecular weight is 372 g/mol. The quantitative estimate of drug-likeness (QED) is 0.757. The first-order valence-electron chi connectivity index (χ1n) is 8.30. The molecule has 0 bridgehead atoms. The third kappa shape index (κ3) is 4.60. The number of anilines is 2. The van der Waals surface area contributed by atoms with Gasteiger partial charge in [0.05, 0.1) is 19.9 Å². The number of hydrogen-bond donors (Lipinski definition) is 2. The Hall–Kier alpha value is -3.42. The van der Waals surface area contributed by atoms with Gasteiger partial charge in [-0.05, 0) is 24.3 Å². The van der Waals surface area contributed by atoms with Gasteiger partial charge in [0.1, 0.15) is 31.1 Å². The predicted octanol–water partition coefficient (Wildman–Crippen LogP) is 2.44. The first-order valence-corrected chi connectivity index (χ1v) is 8.30. The molecule has 0 saturated heterocycles. The van der Waals surface area contributed by atoms with Crippen molar-refractivity contribution in [3.8, 4) is 23.0 Å². The van der Waals surface area contributed by atoms with Crippen LogP contribution in [0.15, 0.2) is 36.4 Å². The third-order valence-electron chi connectivity index (χ3n) is 3.83. The molecule has 2 aromatic rings. The molecule has 2 aromatic carbocycles. The Balaban J connectivity index is 1.59. The van der Waals surface area contributed by atoms with Crippen LogP contribution in [0.5, 0.6) is 23.0 Å². The van der Waals surface area contributed by atoms with Crippen molar-refractivity contribution in [1.29, 1.82) is 0 Å². The molecule has 0 radical (unpaired) electrons. The lowest BCUT2D eigenvalue weighted by atomic mass is 10.2. The number of methoxy groups -OCH3 is 2. The Kier molecular flexibility index (Phi) is 5.65. The van der Waals surface area contributed by atoms with Gasteiger partial charge < -0.3 is 29.6 Å². The van der Waals surface area contributed by atoms with E-state index in [2.05, 4.69) is 10.6 Å². The van der Waals surface area contributed by atoms with E-state index >= 15 is 0 Å². The Morgan fingerprint density at radius 2 is 1.67 bits per heavy atom. The molecule has 1 aliphatic heterocycles. The number of carbonyl (C=O) groups is 2. The number of fused-ring (bicyclic) bond motifs is 1. The molecule has 2 N–H and O–H groups in total. The molecule has 0 saturated carbocycles. The minimum atomic E-state index is -0.464. The zero-order chi connectivity index (χ0) is 19.2. The fourth-order valence-corrected chi connectivity index (χ4v) is 2.57. The fraction of sp³-hybridized carbons (Fsp3) is 0.263. The summed E-state index contributed by atoms with van der Waals surface area (Å²) in [6.45, 7) is 0.949. The third-order valence-corrected chi connectivity index (χ3v) is 3.83. The molecule has 8 heteroatoms. The fourth-order valence-electron chi connectivity index (χ4n) is 2.57. The second-order valence-electron chi connectivity index (χ2n) is 5.70. The van der Waals surface area contributed by atoms with Crippen molar-refractivity contribution in [3.05, 3.63) is 36.4 Å². The zero-order valence-electron chi connectivity index (χ0n) is 15.0. The summed E-state index contributed by atoms with van der Waals surface area (Å²) in [5, 5.41) is 5.32. The van der Waals surface area contributed by atoms with Crippen LogP contribution < -0.4 is 29.6 Å². The van der Waals surface area contributed by atoms with Gasteiger partial charge in [0, 0.05) is 17.8 Å². The first-order chi connectivity index (χ1) is 13.1. The van der Waals surface area contributed by atoms with E-state index in [1.54, 1.807) is 36.4 Å². The van der Waals surface area contributed by atoms with Crippen molar-refractivity contribution in [3.63, 3.8) is 0 Å². The van der Waals surface area contributed by atoms with Gasteiger partial charge in [0.2, 0.25) is 11.8 Å². The van der Waals surface area contributed by atoms with Crippen LogP contribution in [0.1, 0.15) is 6.42 Å². The second kappa shape index (κ2) is 8.31. The van der Waals surface area contributed by atoms with E-state index in [9.17, 15) is 9.59 Å². The highest BCUT2D eigenvalue weighted by Gasteiger charge is 2.15. The molecule has 1 aliphatic rings. The van der Waals surface area contributed by atoms with Gasteiger partial charge in [-0.3, -0.25) is 9.59 Å². The Labute approximate surface area is 156 Å². The molecular weight excluding hydrogens is 352 g/mol. The lowest BCUT2D eigenvalue weighted by Gasteiger charge is -2.19. The molecular formula is C19H20N2O6. The van der Waals surface area contributed by atoms with Crippen molar-refractivity contribution in [2.45, 2.75) is 6.42 Å². The summed E-state index contributed by atoms with van der Waals surface area (Å²) >= 11 is 0. The summed E-state index contributed by atoms with van der Waals surface area (Å²) in [7, 11) is 3.02. The van der Waals surface area contributed by atoms with E-state index in [0.29, 0.717) is 47.6 Å². The minimum Gasteiger partial charge on any atom is -0.497 e. The van der Waals surface area contributed by atoms with E-state index in [0.717, 1.165) is 0 Å². The maximum Gasteiger partial charge on any atom is 0.233 e. The molecule has 0 unspecified atom stereocenters. The van der Waals surface area contributed by atoms with Crippen molar-refractivity contribution in [2.24, 2.45) is 0 Å². The van der Waals surface area contributed by atoms with Crippen molar-refractivity contribution in [2.75, 3.05) is 38.1 Å². The molecule has 0 aromatic heterocycles. The Bertz CT molecular complexity index is 852.